The second-order valence-electron chi connectivity index (χ2n) is 4.08. The Morgan fingerprint density at radius 3 is 2.12 bits per heavy atom. The van der Waals surface area contributed by atoms with Gasteiger partial charge in [0.1, 0.15) is 5.75 Å². The fourth-order valence-electron chi connectivity index (χ4n) is 1.51. The van der Waals surface area contributed by atoms with Gasteiger partial charge in [0.05, 0.1) is 6.61 Å². The van der Waals surface area contributed by atoms with Crippen molar-refractivity contribution < 1.29 is 13.6 Å². The van der Waals surface area contributed by atoms with Crippen molar-refractivity contribution in [2.75, 3.05) is 20.8 Å². The van der Waals surface area contributed by atoms with Crippen LogP contribution in [0, 0.1) is 0 Å². The van der Waals surface area contributed by atoms with Gasteiger partial charge in [0.2, 0.25) is 0 Å². The van der Waals surface area contributed by atoms with Crippen molar-refractivity contribution in [1.29, 1.82) is 0 Å². The van der Waals surface area contributed by atoms with Crippen molar-refractivity contribution in [3.05, 3.63) is 24.3 Å². The standard InChI is InChI=1S/C13H22O3Si/c1-5-6-11-16-12-7-9-13(10-8-12)17(4,14-2)15-3/h7-10H,5-6,11H2,1-4H3. The Hall–Kier alpha value is -0.843. The highest BCUT2D eigenvalue weighted by atomic mass is 28.4. The number of hydrogen-bond acceptors (Lipinski definition) is 3. The van der Waals surface area contributed by atoms with E-state index in [4.69, 9.17) is 13.6 Å². The van der Waals surface area contributed by atoms with E-state index in [2.05, 4.69) is 6.92 Å². The summed E-state index contributed by atoms with van der Waals surface area (Å²) in [5.74, 6) is 0.908. The van der Waals surface area contributed by atoms with Crippen LogP contribution in [0.4, 0.5) is 0 Å². The first-order valence-corrected chi connectivity index (χ1v) is 8.31. The predicted molar refractivity (Wildman–Crippen MR) is 72.1 cm³/mol. The van der Waals surface area contributed by atoms with Crippen molar-refractivity contribution >= 4 is 13.7 Å². The molecule has 0 aromatic heterocycles. The zero-order chi connectivity index (χ0) is 12.7. The van der Waals surface area contributed by atoms with Gasteiger partial charge in [-0.05, 0) is 30.3 Å². The van der Waals surface area contributed by atoms with Crippen LogP contribution < -0.4 is 9.92 Å². The maximum Gasteiger partial charge on any atom is 0.368 e. The molecule has 0 saturated carbocycles. The monoisotopic (exact) mass is 254 g/mol. The maximum absolute atomic E-state index is 5.62. The second kappa shape index (κ2) is 6.79. The van der Waals surface area contributed by atoms with E-state index in [1.54, 1.807) is 14.2 Å². The maximum atomic E-state index is 5.62. The number of hydrogen-bond donors (Lipinski definition) is 0. The molecule has 0 radical (unpaired) electrons. The summed E-state index contributed by atoms with van der Waals surface area (Å²) in [6, 6.07) is 8.02. The third-order valence-electron chi connectivity index (χ3n) is 2.92. The lowest BCUT2D eigenvalue weighted by molar-refractivity contribution is 0.265. The molecule has 4 heteroatoms. The number of unbranched alkanes of at least 4 members (excludes halogenated alkanes) is 1. The minimum atomic E-state index is -2.19. The normalized spacial score (nSPS) is 11.5. The van der Waals surface area contributed by atoms with E-state index in [-0.39, 0.29) is 0 Å². The molecule has 0 fully saturated rings. The number of benzene rings is 1. The van der Waals surface area contributed by atoms with Crippen LogP contribution in [-0.4, -0.2) is 29.4 Å². The van der Waals surface area contributed by atoms with Gasteiger partial charge in [0.15, 0.2) is 0 Å². The third kappa shape index (κ3) is 3.83. The Morgan fingerprint density at radius 2 is 1.65 bits per heavy atom. The molecule has 0 unspecified atom stereocenters. The molecule has 0 aliphatic carbocycles. The molecule has 0 aliphatic heterocycles. The molecule has 0 heterocycles. The van der Waals surface area contributed by atoms with Crippen molar-refractivity contribution in [1.82, 2.24) is 0 Å². The summed E-state index contributed by atoms with van der Waals surface area (Å²) >= 11 is 0. The molecule has 0 aliphatic rings. The molecule has 17 heavy (non-hydrogen) atoms. The first kappa shape index (κ1) is 14.2. The summed E-state index contributed by atoms with van der Waals surface area (Å²) in [5, 5.41) is 1.12. The predicted octanol–water partition coefficient (Wildman–Crippen LogP) is 2.44. The van der Waals surface area contributed by atoms with Crippen LogP contribution in [-0.2, 0) is 8.85 Å². The molecule has 1 rings (SSSR count). The van der Waals surface area contributed by atoms with Gasteiger partial charge in [-0.25, -0.2) is 0 Å². The topological polar surface area (TPSA) is 27.7 Å². The second-order valence-corrected chi connectivity index (χ2v) is 7.37. The third-order valence-corrected chi connectivity index (χ3v) is 5.86. The summed E-state index contributed by atoms with van der Waals surface area (Å²) in [5.41, 5.74) is 0. The van der Waals surface area contributed by atoms with Crippen molar-refractivity contribution in [2.45, 2.75) is 26.3 Å². The molecule has 0 atom stereocenters. The average Bonchev–Trinajstić information content (AvgIpc) is 2.39. The van der Waals surface area contributed by atoms with Crippen molar-refractivity contribution in [3.8, 4) is 5.75 Å². The Balaban J connectivity index is 2.67. The van der Waals surface area contributed by atoms with Crippen LogP contribution in [0.2, 0.25) is 6.55 Å². The van der Waals surface area contributed by atoms with E-state index < -0.39 is 8.56 Å². The fourth-order valence-corrected chi connectivity index (χ4v) is 2.92. The molecule has 1 aromatic carbocycles. The van der Waals surface area contributed by atoms with Crippen molar-refractivity contribution in [2.24, 2.45) is 0 Å². The summed E-state index contributed by atoms with van der Waals surface area (Å²) in [6.45, 7) is 4.96. The molecule has 0 spiro atoms. The van der Waals surface area contributed by atoms with Crippen molar-refractivity contribution in [3.63, 3.8) is 0 Å². The molecule has 96 valence electrons. The Labute approximate surface area is 105 Å². The van der Waals surface area contributed by atoms with Crippen LogP contribution in [0.25, 0.3) is 0 Å². The summed E-state index contributed by atoms with van der Waals surface area (Å²) in [6.07, 6.45) is 2.24. The van der Waals surface area contributed by atoms with Crippen LogP contribution in [0.5, 0.6) is 5.75 Å². The summed E-state index contributed by atoms with van der Waals surface area (Å²) in [7, 11) is 1.20. The van der Waals surface area contributed by atoms with Gasteiger partial charge in [-0.2, -0.15) is 0 Å². The SMILES string of the molecule is CCCCOc1ccc([Si](C)(OC)OC)cc1. The van der Waals surface area contributed by atoms with Crippen LogP contribution >= 0.6 is 0 Å². The highest BCUT2D eigenvalue weighted by Gasteiger charge is 2.31. The highest BCUT2D eigenvalue weighted by molar-refractivity contribution is 6.79. The van der Waals surface area contributed by atoms with Gasteiger partial charge in [0.25, 0.3) is 0 Å². The lowest BCUT2D eigenvalue weighted by atomic mass is 10.3. The molecular formula is C13H22O3Si. The molecular weight excluding hydrogens is 232 g/mol. The number of ether oxygens (including phenoxy) is 1. The minimum absolute atomic E-state index is 0.777. The van der Waals surface area contributed by atoms with Gasteiger partial charge in [-0.1, -0.05) is 25.5 Å². The van der Waals surface area contributed by atoms with E-state index in [0.717, 1.165) is 30.4 Å². The summed E-state index contributed by atoms with van der Waals surface area (Å²) in [4.78, 5) is 0. The Bertz CT molecular complexity index is 320. The molecule has 3 nitrogen and oxygen atoms in total. The van der Waals surface area contributed by atoms with Gasteiger partial charge >= 0.3 is 8.56 Å². The largest absolute Gasteiger partial charge is 0.494 e. The Kier molecular flexibility index (Phi) is 5.68. The van der Waals surface area contributed by atoms with Crippen LogP contribution in [0.3, 0.4) is 0 Å². The van der Waals surface area contributed by atoms with E-state index >= 15 is 0 Å². The Morgan fingerprint density at radius 1 is 1.06 bits per heavy atom. The van der Waals surface area contributed by atoms with Crippen LogP contribution in [0.15, 0.2) is 24.3 Å². The van der Waals surface area contributed by atoms with E-state index in [1.807, 2.05) is 30.8 Å². The fraction of sp³-hybridized carbons (Fsp3) is 0.538. The van der Waals surface area contributed by atoms with Crippen LogP contribution in [0.1, 0.15) is 19.8 Å². The van der Waals surface area contributed by atoms with Gasteiger partial charge in [-0.3, -0.25) is 0 Å². The zero-order valence-corrected chi connectivity index (χ0v) is 12.2. The van der Waals surface area contributed by atoms with Gasteiger partial charge < -0.3 is 13.6 Å². The molecule has 0 amide bonds. The lowest BCUT2D eigenvalue weighted by Crippen LogP contribution is -2.49. The highest BCUT2D eigenvalue weighted by Crippen LogP contribution is 2.12. The minimum Gasteiger partial charge on any atom is -0.494 e. The molecule has 0 N–H and O–H groups in total. The first-order valence-electron chi connectivity index (χ1n) is 6.00. The lowest BCUT2D eigenvalue weighted by Gasteiger charge is -2.23. The van der Waals surface area contributed by atoms with E-state index in [0.29, 0.717) is 0 Å². The zero-order valence-electron chi connectivity index (χ0n) is 11.2. The van der Waals surface area contributed by atoms with Gasteiger partial charge in [-0.15, -0.1) is 0 Å². The molecule has 1 aromatic rings. The smallest absolute Gasteiger partial charge is 0.368 e. The van der Waals surface area contributed by atoms with Gasteiger partial charge in [0, 0.05) is 14.2 Å². The van der Waals surface area contributed by atoms with E-state index in [1.165, 1.54) is 0 Å². The van der Waals surface area contributed by atoms with E-state index in [9.17, 15) is 0 Å². The quantitative estimate of drug-likeness (QED) is 0.552. The molecule has 0 saturated heterocycles. The average molecular weight is 254 g/mol. The first-order chi connectivity index (χ1) is 8.16. The number of rotatable bonds is 7. The molecule has 0 bridgehead atoms. The summed E-state index contributed by atoms with van der Waals surface area (Å²) < 4.78 is 16.6.